The minimum atomic E-state index is -2.45. The van der Waals surface area contributed by atoms with Gasteiger partial charge in [-0.1, -0.05) is 40.5 Å². The fourth-order valence-corrected chi connectivity index (χ4v) is 9.14. The van der Waals surface area contributed by atoms with Crippen molar-refractivity contribution >= 4 is 5.97 Å². The van der Waals surface area contributed by atoms with Crippen molar-refractivity contribution in [2.45, 2.75) is 110 Å². The number of carboxylic acids is 1. The summed E-state index contributed by atoms with van der Waals surface area (Å²) in [6, 6.07) is 0. The molecule has 4 nitrogen and oxygen atoms in total. The van der Waals surface area contributed by atoms with Crippen molar-refractivity contribution in [1.82, 2.24) is 0 Å². The zero-order valence-corrected chi connectivity index (χ0v) is 19.7. The van der Waals surface area contributed by atoms with E-state index in [1.165, 1.54) is 6.42 Å². The van der Waals surface area contributed by atoms with E-state index in [1.807, 2.05) is 0 Å². The molecule has 11 atom stereocenters. The van der Waals surface area contributed by atoms with Gasteiger partial charge in [0.1, 0.15) is 0 Å². The van der Waals surface area contributed by atoms with E-state index >= 15 is 0 Å². The fraction of sp³-hybridized carbons (Fsp3) is 0.963. The van der Waals surface area contributed by atoms with Crippen LogP contribution in [0.5, 0.6) is 0 Å². The van der Waals surface area contributed by atoms with Gasteiger partial charge in [-0.25, -0.2) is 0 Å². The average molecular weight is 438 g/mol. The largest absolute Gasteiger partial charge is 0.481 e. The Balaban J connectivity index is 1.43. The monoisotopic (exact) mass is 437 g/mol. The number of hydrogen-bond acceptors (Lipinski definition) is 3. The van der Waals surface area contributed by atoms with Crippen molar-refractivity contribution in [2.24, 2.45) is 52.3 Å². The first-order valence-electron chi connectivity index (χ1n) is 14.4. The minimum absolute atomic E-state index is 0.190. The predicted molar refractivity (Wildman–Crippen MR) is 122 cm³/mol. The molecule has 4 rings (SSSR count). The molecule has 4 aliphatic carbocycles. The second kappa shape index (κ2) is 8.63. The summed E-state index contributed by atoms with van der Waals surface area (Å²) < 4.78 is 22.6. The van der Waals surface area contributed by atoms with Crippen molar-refractivity contribution in [3.05, 3.63) is 0 Å². The highest BCUT2D eigenvalue weighted by Crippen LogP contribution is 2.68. The van der Waals surface area contributed by atoms with Gasteiger partial charge in [-0.15, -0.1) is 0 Å². The van der Waals surface area contributed by atoms with Gasteiger partial charge in [-0.2, -0.15) is 0 Å². The van der Waals surface area contributed by atoms with Crippen LogP contribution in [0.3, 0.4) is 0 Å². The lowest BCUT2D eigenvalue weighted by Crippen LogP contribution is -2.58. The van der Waals surface area contributed by atoms with E-state index in [4.69, 9.17) is 4.11 Å². The van der Waals surface area contributed by atoms with Crippen molar-refractivity contribution in [3.63, 3.8) is 0 Å². The number of aliphatic hydroxyl groups excluding tert-OH is 2. The predicted octanol–water partition coefficient (Wildman–Crippen LogP) is 5.50. The Morgan fingerprint density at radius 2 is 1.74 bits per heavy atom. The van der Waals surface area contributed by atoms with E-state index in [9.17, 15) is 20.1 Å². The molecule has 178 valence electrons. The summed E-state index contributed by atoms with van der Waals surface area (Å²) in [4.78, 5) is 11.4. The molecule has 0 aromatic rings. The lowest BCUT2D eigenvalue weighted by molar-refractivity contribution is -0.174. The minimum Gasteiger partial charge on any atom is -0.481 e. The molecule has 0 amide bonds. The third-order valence-corrected chi connectivity index (χ3v) is 10.9. The van der Waals surface area contributed by atoms with E-state index in [0.29, 0.717) is 41.9 Å². The SMILES string of the molecule is [2H]C([2H])([2H])C(CCC[C@@H](C)[C@H]1CC[C@H]2[C@@H]3[C@H](O)C[C@@H]4C[C@H](O)CC[C@]4(C)[C@H]3CC[C@]12C)C(=O)O. The summed E-state index contributed by atoms with van der Waals surface area (Å²) in [5.74, 6) is 0.304. The van der Waals surface area contributed by atoms with Crippen LogP contribution in [-0.2, 0) is 4.79 Å². The van der Waals surface area contributed by atoms with Gasteiger partial charge >= 0.3 is 5.97 Å². The van der Waals surface area contributed by atoms with Crippen LogP contribution in [0.4, 0.5) is 0 Å². The Hall–Kier alpha value is -0.610. The molecule has 0 aromatic heterocycles. The van der Waals surface area contributed by atoms with Gasteiger partial charge in [0.25, 0.3) is 0 Å². The maximum atomic E-state index is 11.4. The van der Waals surface area contributed by atoms with Gasteiger partial charge in [-0.3, -0.25) is 4.79 Å². The molecule has 0 saturated heterocycles. The van der Waals surface area contributed by atoms with Gasteiger partial charge < -0.3 is 15.3 Å². The molecule has 4 fully saturated rings. The van der Waals surface area contributed by atoms with Crippen LogP contribution in [0.15, 0.2) is 0 Å². The molecular weight excluding hydrogens is 388 g/mol. The molecule has 0 heterocycles. The van der Waals surface area contributed by atoms with Crippen molar-refractivity contribution < 1.29 is 24.2 Å². The van der Waals surface area contributed by atoms with Gasteiger partial charge in [0, 0.05) is 4.11 Å². The zero-order chi connectivity index (χ0) is 25.1. The highest BCUT2D eigenvalue weighted by atomic mass is 16.4. The normalized spacial score (nSPS) is 50.7. The maximum absolute atomic E-state index is 11.4. The molecule has 0 spiro atoms. The second-order valence-electron chi connectivity index (χ2n) is 12.3. The van der Waals surface area contributed by atoms with Crippen LogP contribution in [0.1, 0.15) is 102 Å². The summed E-state index contributed by atoms with van der Waals surface area (Å²) in [6.07, 6.45) is 9.48. The molecule has 0 radical (unpaired) electrons. The van der Waals surface area contributed by atoms with Crippen LogP contribution in [-0.4, -0.2) is 33.5 Å². The second-order valence-corrected chi connectivity index (χ2v) is 12.3. The van der Waals surface area contributed by atoms with E-state index < -0.39 is 18.7 Å². The average Bonchev–Trinajstić information content (AvgIpc) is 3.08. The number of aliphatic hydroxyl groups is 2. The standard InChI is InChI=1S/C27H46O4/c1-16(6-5-7-17(2)25(30)31)20-8-9-21-24-22(11-13-27(20,21)4)26(3)12-10-19(28)14-18(26)15-23(24)29/h16-24,28-29H,5-15H2,1-4H3,(H,30,31)/t16-,17?,18+,19-,20-,21+,22+,23-,24+,26+,27-/m1/s1/i2D3. The summed E-state index contributed by atoms with van der Waals surface area (Å²) in [7, 11) is 0. The molecule has 31 heavy (non-hydrogen) atoms. The van der Waals surface area contributed by atoms with E-state index in [-0.39, 0.29) is 29.5 Å². The quantitative estimate of drug-likeness (QED) is 0.512. The van der Waals surface area contributed by atoms with E-state index in [0.717, 1.165) is 51.4 Å². The van der Waals surface area contributed by atoms with E-state index in [2.05, 4.69) is 20.8 Å². The fourth-order valence-electron chi connectivity index (χ4n) is 9.14. The van der Waals surface area contributed by atoms with Crippen molar-refractivity contribution in [3.8, 4) is 0 Å². The summed E-state index contributed by atoms with van der Waals surface area (Å²) in [5, 5.41) is 31.0. The molecule has 0 aromatic carbocycles. The van der Waals surface area contributed by atoms with E-state index in [1.54, 1.807) is 0 Å². The highest BCUT2D eigenvalue weighted by Gasteiger charge is 2.62. The Labute approximate surface area is 193 Å². The Kier molecular flexibility index (Phi) is 5.52. The lowest BCUT2D eigenvalue weighted by Gasteiger charge is -2.62. The first-order valence-corrected chi connectivity index (χ1v) is 12.9. The van der Waals surface area contributed by atoms with Crippen molar-refractivity contribution in [2.75, 3.05) is 0 Å². The maximum Gasteiger partial charge on any atom is 0.306 e. The van der Waals surface area contributed by atoms with Crippen LogP contribution < -0.4 is 0 Å². The Morgan fingerprint density at radius 3 is 2.45 bits per heavy atom. The number of aliphatic carboxylic acids is 1. The summed E-state index contributed by atoms with van der Waals surface area (Å²) in [6.45, 7) is 4.70. The highest BCUT2D eigenvalue weighted by molar-refractivity contribution is 5.69. The molecule has 0 bridgehead atoms. The molecule has 1 unspecified atom stereocenters. The number of rotatable bonds is 6. The van der Waals surface area contributed by atoms with Crippen LogP contribution in [0, 0.1) is 52.3 Å². The van der Waals surface area contributed by atoms with Gasteiger partial charge in [-0.05, 0) is 104 Å². The third-order valence-electron chi connectivity index (χ3n) is 10.9. The molecule has 4 heteroatoms. The molecule has 0 aliphatic heterocycles. The van der Waals surface area contributed by atoms with Gasteiger partial charge in [0.2, 0.25) is 0 Å². The first-order chi connectivity index (χ1) is 15.8. The van der Waals surface area contributed by atoms with Crippen LogP contribution >= 0.6 is 0 Å². The zero-order valence-electron chi connectivity index (χ0n) is 22.7. The topological polar surface area (TPSA) is 77.8 Å². The van der Waals surface area contributed by atoms with Gasteiger partial charge in [0.15, 0.2) is 0 Å². The number of carboxylic acid groups (broad SMARTS) is 1. The number of fused-ring (bicyclic) bond motifs is 5. The summed E-state index contributed by atoms with van der Waals surface area (Å²) in [5.41, 5.74) is 0.421. The molecule has 4 aliphatic rings. The Morgan fingerprint density at radius 1 is 1.03 bits per heavy atom. The van der Waals surface area contributed by atoms with Crippen molar-refractivity contribution in [1.29, 1.82) is 0 Å². The third kappa shape index (κ3) is 3.98. The van der Waals surface area contributed by atoms with Gasteiger partial charge in [0.05, 0.1) is 18.1 Å². The summed E-state index contributed by atoms with van der Waals surface area (Å²) >= 11 is 0. The molecular formula is C27H46O4. The number of hydrogen-bond donors (Lipinski definition) is 3. The smallest absolute Gasteiger partial charge is 0.306 e. The number of carbonyl (C=O) groups is 1. The Bertz CT molecular complexity index is 757. The molecule has 3 N–H and O–H groups in total. The van der Waals surface area contributed by atoms with Crippen LogP contribution in [0.25, 0.3) is 0 Å². The first kappa shape index (κ1) is 19.8. The lowest BCUT2D eigenvalue weighted by atomic mass is 9.43. The molecule has 4 saturated carbocycles. The van der Waals surface area contributed by atoms with Crippen LogP contribution in [0.2, 0.25) is 0 Å².